The topological polar surface area (TPSA) is 59.4 Å². The van der Waals surface area contributed by atoms with E-state index in [1.807, 2.05) is 54.0 Å². The minimum Gasteiger partial charge on any atom is -0.497 e. The molecule has 164 valence electrons. The Morgan fingerprint density at radius 2 is 1.97 bits per heavy atom. The number of halogens is 1. The fraction of sp³-hybridized carbons (Fsp3) is 0.333. The lowest BCUT2D eigenvalue weighted by Gasteiger charge is -2.16. The second-order valence-corrected chi connectivity index (χ2v) is 7.62. The molecular formula is C24H29FN4O2. The minimum absolute atomic E-state index is 0.0123. The molecule has 0 spiro atoms. The SMILES string of the molecule is COc1cccc(CNC(=O)CN(C)CCCc2cc(-c3ccc(F)cc3)n(C)n2)c1. The minimum atomic E-state index is -0.248. The van der Waals surface area contributed by atoms with Gasteiger partial charge in [0.1, 0.15) is 11.6 Å². The molecule has 0 aliphatic heterocycles. The third-order valence-corrected chi connectivity index (χ3v) is 5.08. The highest BCUT2D eigenvalue weighted by Crippen LogP contribution is 2.20. The van der Waals surface area contributed by atoms with Gasteiger partial charge in [-0.2, -0.15) is 5.10 Å². The molecule has 0 saturated carbocycles. The highest BCUT2D eigenvalue weighted by molar-refractivity contribution is 5.77. The first-order chi connectivity index (χ1) is 14.9. The number of aromatic nitrogens is 2. The smallest absolute Gasteiger partial charge is 0.234 e. The monoisotopic (exact) mass is 424 g/mol. The molecule has 1 heterocycles. The number of ether oxygens (including phenoxy) is 1. The van der Waals surface area contributed by atoms with Gasteiger partial charge in [0.25, 0.3) is 0 Å². The number of benzene rings is 2. The molecule has 1 N–H and O–H groups in total. The van der Waals surface area contributed by atoms with Crippen molar-refractivity contribution in [3.05, 3.63) is 71.7 Å². The number of methoxy groups -OCH3 is 1. The van der Waals surface area contributed by atoms with Gasteiger partial charge in [-0.1, -0.05) is 12.1 Å². The summed E-state index contributed by atoms with van der Waals surface area (Å²) in [5.41, 5.74) is 3.88. The van der Waals surface area contributed by atoms with E-state index in [1.165, 1.54) is 12.1 Å². The number of carbonyl (C=O) groups is 1. The average molecular weight is 425 g/mol. The molecule has 2 aromatic carbocycles. The molecule has 0 saturated heterocycles. The first kappa shape index (κ1) is 22.5. The number of rotatable bonds is 10. The molecule has 7 heteroatoms. The van der Waals surface area contributed by atoms with Crippen molar-refractivity contribution in [2.75, 3.05) is 27.2 Å². The fourth-order valence-electron chi connectivity index (χ4n) is 3.43. The van der Waals surface area contributed by atoms with Crippen molar-refractivity contribution in [1.82, 2.24) is 20.0 Å². The van der Waals surface area contributed by atoms with E-state index in [2.05, 4.69) is 10.4 Å². The normalized spacial score (nSPS) is 11.0. The van der Waals surface area contributed by atoms with E-state index in [4.69, 9.17) is 4.74 Å². The zero-order valence-corrected chi connectivity index (χ0v) is 18.3. The molecule has 31 heavy (non-hydrogen) atoms. The van der Waals surface area contributed by atoms with Gasteiger partial charge in [0, 0.05) is 13.6 Å². The van der Waals surface area contributed by atoms with Gasteiger partial charge in [-0.15, -0.1) is 0 Å². The van der Waals surface area contributed by atoms with Crippen LogP contribution < -0.4 is 10.1 Å². The molecule has 0 unspecified atom stereocenters. The Bertz CT molecular complexity index is 1000. The number of nitrogens with zero attached hydrogens (tertiary/aromatic N) is 3. The fourth-order valence-corrected chi connectivity index (χ4v) is 3.43. The predicted octanol–water partition coefficient (Wildman–Crippen LogP) is 3.42. The Balaban J connectivity index is 1.41. The van der Waals surface area contributed by atoms with Gasteiger partial charge >= 0.3 is 0 Å². The number of amides is 1. The molecule has 1 aromatic heterocycles. The first-order valence-electron chi connectivity index (χ1n) is 10.3. The van der Waals surface area contributed by atoms with Crippen molar-refractivity contribution >= 4 is 5.91 Å². The summed E-state index contributed by atoms with van der Waals surface area (Å²) < 4.78 is 20.2. The Kier molecular flexibility index (Phi) is 7.78. The zero-order chi connectivity index (χ0) is 22.2. The van der Waals surface area contributed by atoms with Crippen molar-refractivity contribution in [3.63, 3.8) is 0 Å². The Morgan fingerprint density at radius 1 is 1.19 bits per heavy atom. The van der Waals surface area contributed by atoms with Crippen LogP contribution in [0.1, 0.15) is 17.7 Å². The predicted molar refractivity (Wildman–Crippen MR) is 119 cm³/mol. The van der Waals surface area contributed by atoms with Gasteiger partial charge in [-0.25, -0.2) is 4.39 Å². The largest absolute Gasteiger partial charge is 0.497 e. The Morgan fingerprint density at radius 3 is 2.71 bits per heavy atom. The van der Waals surface area contributed by atoms with Gasteiger partial charge in [-0.05, 0) is 80.0 Å². The molecule has 1 amide bonds. The van der Waals surface area contributed by atoms with Crippen LogP contribution in [-0.2, 0) is 24.8 Å². The van der Waals surface area contributed by atoms with Crippen LogP contribution in [0.15, 0.2) is 54.6 Å². The molecule has 0 aliphatic rings. The van der Waals surface area contributed by atoms with E-state index in [-0.39, 0.29) is 11.7 Å². The third kappa shape index (κ3) is 6.65. The lowest BCUT2D eigenvalue weighted by Crippen LogP contribution is -2.35. The molecule has 3 rings (SSSR count). The summed E-state index contributed by atoms with van der Waals surface area (Å²) in [6.07, 6.45) is 1.70. The van der Waals surface area contributed by atoms with Crippen molar-refractivity contribution < 1.29 is 13.9 Å². The van der Waals surface area contributed by atoms with Crippen LogP contribution in [-0.4, -0.2) is 47.8 Å². The number of hydrogen-bond donors (Lipinski definition) is 1. The number of aryl methyl sites for hydroxylation is 2. The average Bonchev–Trinajstić information content (AvgIpc) is 3.13. The highest BCUT2D eigenvalue weighted by Gasteiger charge is 2.10. The number of carbonyl (C=O) groups excluding carboxylic acids is 1. The second-order valence-electron chi connectivity index (χ2n) is 7.62. The standard InChI is InChI=1S/C24H29FN4O2/c1-28(17-24(30)26-16-18-6-4-8-22(14-18)31-3)13-5-7-21-15-23(29(2)27-21)19-9-11-20(25)12-10-19/h4,6,8-12,14-15H,5,7,13,16-17H2,1-3H3,(H,26,30). The van der Waals surface area contributed by atoms with Gasteiger partial charge in [0.05, 0.1) is 25.0 Å². The molecule has 0 radical (unpaired) electrons. The van der Waals surface area contributed by atoms with Crippen LogP contribution in [0.2, 0.25) is 0 Å². The van der Waals surface area contributed by atoms with Crippen LogP contribution >= 0.6 is 0 Å². The van der Waals surface area contributed by atoms with Crippen LogP contribution in [0.4, 0.5) is 4.39 Å². The van der Waals surface area contributed by atoms with Gasteiger partial charge in [0.15, 0.2) is 0 Å². The molecular weight excluding hydrogens is 395 g/mol. The maximum atomic E-state index is 13.1. The van der Waals surface area contributed by atoms with Gasteiger partial charge < -0.3 is 10.1 Å². The van der Waals surface area contributed by atoms with E-state index in [0.717, 1.165) is 47.7 Å². The van der Waals surface area contributed by atoms with Gasteiger partial charge in [0.2, 0.25) is 5.91 Å². The summed E-state index contributed by atoms with van der Waals surface area (Å²) in [6, 6.07) is 16.1. The van der Waals surface area contributed by atoms with E-state index >= 15 is 0 Å². The van der Waals surface area contributed by atoms with Crippen molar-refractivity contribution in [3.8, 4) is 17.0 Å². The second kappa shape index (κ2) is 10.7. The number of nitrogens with one attached hydrogen (secondary N) is 1. The quantitative estimate of drug-likeness (QED) is 0.542. The Labute approximate surface area is 182 Å². The Hall–Kier alpha value is -3.19. The summed E-state index contributed by atoms with van der Waals surface area (Å²) in [5.74, 6) is 0.518. The van der Waals surface area contributed by atoms with E-state index in [1.54, 1.807) is 19.2 Å². The lowest BCUT2D eigenvalue weighted by molar-refractivity contribution is -0.122. The highest BCUT2D eigenvalue weighted by atomic mass is 19.1. The lowest BCUT2D eigenvalue weighted by atomic mass is 10.1. The summed E-state index contributed by atoms with van der Waals surface area (Å²) in [4.78, 5) is 14.2. The van der Waals surface area contributed by atoms with Crippen LogP contribution in [0.5, 0.6) is 5.75 Å². The summed E-state index contributed by atoms with van der Waals surface area (Å²) in [7, 11) is 5.45. The van der Waals surface area contributed by atoms with Crippen LogP contribution in [0, 0.1) is 5.82 Å². The number of likely N-dealkylation sites (N-methyl/N-ethyl adjacent to an activating group) is 1. The summed E-state index contributed by atoms with van der Waals surface area (Å²) >= 11 is 0. The summed E-state index contributed by atoms with van der Waals surface area (Å²) in [6.45, 7) is 1.60. The molecule has 0 aliphatic carbocycles. The van der Waals surface area contributed by atoms with Crippen LogP contribution in [0.3, 0.4) is 0 Å². The molecule has 0 bridgehead atoms. The maximum Gasteiger partial charge on any atom is 0.234 e. The molecule has 0 fully saturated rings. The first-order valence-corrected chi connectivity index (χ1v) is 10.3. The van der Waals surface area contributed by atoms with Crippen molar-refractivity contribution in [2.24, 2.45) is 7.05 Å². The molecule has 0 atom stereocenters. The zero-order valence-electron chi connectivity index (χ0n) is 18.3. The summed E-state index contributed by atoms with van der Waals surface area (Å²) in [5, 5.41) is 7.50. The van der Waals surface area contributed by atoms with E-state index in [9.17, 15) is 9.18 Å². The van der Waals surface area contributed by atoms with E-state index < -0.39 is 0 Å². The number of hydrogen-bond acceptors (Lipinski definition) is 4. The molecule has 3 aromatic rings. The van der Waals surface area contributed by atoms with E-state index in [0.29, 0.717) is 13.1 Å². The van der Waals surface area contributed by atoms with Crippen molar-refractivity contribution in [2.45, 2.75) is 19.4 Å². The van der Waals surface area contributed by atoms with Crippen molar-refractivity contribution in [1.29, 1.82) is 0 Å². The third-order valence-electron chi connectivity index (χ3n) is 5.08. The molecule has 6 nitrogen and oxygen atoms in total. The van der Waals surface area contributed by atoms with Gasteiger partial charge in [-0.3, -0.25) is 14.4 Å². The van der Waals surface area contributed by atoms with Crippen LogP contribution in [0.25, 0.3) is 11.3 Å². The maximum absolute atomic E-state index is 13.1.